The van der Waals surface area contributed by atoms with Crippen LogP contribution < -0.4 is 15.5 Å². The van der Waals surface area contributed by atoms with E-state index in [0.29, 0.717) is 5.69 Å². The number of para-hydroxylation sites is 4. The number of fused-ring (bicyclic) bond motifs is 2. The van der Waals surface area contributed by atoms with Crippen molar-refractivity contribution in [3.05, 3.63) is 83.9 Å². The fraction of sp³-hybridized carbons (Fsp3) is 0.167. The van der Waals surface area contributed by atoms with Crippen LogP contribution in [0.1, 0.15) is 23.5 Å². The van der Waals surface area contributed by atoms with Gasteiger partial charge in [-0.3, -0.25) is 9.59 Å². The van der Waals surface area contributed by atoms with Crippen molar-refractivity contribution >= 4 is 34.6 Å². The van der Waals surface area contributed by atoms with E-state index < -0.39 is 5.92 Å². The average Bonchev–Trinajstić information content (AvgIpc) is 3.17. The van der Waals surface area contributed by atoms with E-state index in [0.717, 1.165) is 29.9 Å². The minimum absolute atomic E-state index is 0.134. The number of hydrogen-bond acceptors (Lipinski definition) is 3. The number of hydrogen-bond donors (Lipinski definition) is 2. The Labute approximate surface area is 169 Å². The Kier molecular flexibility index (Phi) is 4.28. The van der Waals surface area contributed by atoms with E-state index in [-0.39, 0.29) is 18.2 Å². The molecule has 3 aromatic carbocycles. The number of amides is 2. The Morgan fingerprint density at radius 1 is 0.931 bits per heavy atom. The fourth-order valence-electron chi connectivity index (χ4n) is 4.27. The van der Waals surface area contributed by atoms with Crippen LogP contribution >= 0.6 is 0 Å². The summed E-state index contributed by atoms with van der Waals surface area (Å²) in [5.74, 6) is -0.795. The number of anilines is 4. The van der Waals surface area contributed by atoms with Gasteiger partial charge in [-0.2, -0.15) is 0 Å². The number of carbonyl (C=O) groups is 2. The molecule has 1 atom stereocenters. The fourth-order valence-corrected chi connectivity index (χ4v) is 4.27. The monoisotopic (exact) mass is 383 g/mol. The lowest BCUT2D eigenvalue weighted by molar-refractivity contribution is -0.123. The van der Waals surface area contributed by atoms with Gasteiger partial charge < -0.3 is 15.5 Å². The molecule has 0 fully saturated rings. The highest BCUT2D eigenvalue weighted by Gasteiger charge is 2.31. The summed E-state index contributed by atoms with van der Waals surface area (Å²) in [7, 11) is 0. The molecule has 0 aromatic heterocycles. The second-order valence-corrected chi connectivity index (χ2v) is 7.43. The van der Waals surface area contributed by atoms with Gasteiger partial charge >= 0.3 is 0 Å². The normalized spacial score (nSPS) is 17.3. The summed E-state index contributed by atoms with van der Waals surface area (Å²) in [5.41, 5.74) is 5.79. The Hall–Kier alpha value is -3.60. The molecule has 0 bridgehead atoms. The molecule has 2 amide bonds. The van der Waals surface area contributed by atoms with Gasteiger partial charge in [-0.1, -0.05) is 48.5 Å². The molecule has 5 nitrogen and oxygen atoms in total. The van der Waals surface area contributed by atoms with E-state index in [2.05, 4.69) is 33.7 Å². The minimum atomic E-state index is -0.501. The van der Waals surface area contributed by atoms with Crippen LogP contribution in [0.2, 0.25) is 0 Å². The van der Waals surface area contributed by atoms with Crippen molar-refractivity contribution in [1.29, 1.82) is 0 Å². The van der Waals surface area contributed by atoms with Crippen molar-refractivity contribution in [3.8, 4) is 0 Å². The van der Waals surface area contributed by atoms with E-state index in [1.54, 1.807) is 0 Å². The van der Waals surface area contributed by atoms with Crippen LogP contribution in [0.5, 0.6) is 0 Å². The summed E-state index contributed by atoms with van der Waals surface area (Å²) in [4.78, 5) is 27.5. The molecule has 5 heteroatoms. The molecule has 0 saturated heterocycles. The predicted octanol–water partition coefficient (Wildman–Crippen LogP) is 4.45. The second kappa shape index (κ2) is 7.09. The van der Waals surface area contributed by atoms with E-state index >= 15 is 0 Å². The van der Waals surface area contributed by atoms with Crippen molar-refractivity contribution in [2.24, 2.45) is 0 Å². The predicted molar refractivity (Wildman–Crippen MR) is 115 cm³/mol. The third-order valence-electron chi connectivity index (χ3n) is 5.66. The van der Waals surface area contributed by atoms with Gasteiger partial charge in [0.25, 0.3) is 0 Å². The molecular weight excluding hydrogens is 362 g/mol. The van der Waals surface area contributed by atoms with E-state index in [1.165, 1.54) is 11.3 Å². The van der Waals surface area contributed by atoms with Gasteiger partial charge in [0.05, 0.1) is 17.3 Å². The lowest BCUT2D eigenvalue weighted by Gasteiger charge is -2.27. The van der Waals surface area contributed by atoms with Crippen molar-refractivity contribution in [1.82, 2.24) is 0 Å². The molecule has 2 aliphatic rings. The molecule has 0 radical (unpaired) electrons. The molecular formula is C24H21N3O2. The SMILES string of the molecule is O=C1C[C@@H](C(=O)Nc2ccccc2N2CCc3ccccc32)c2ccccc2N1. The van der Waals surface area contributed by atoms with Gasteiger partial charge in [0, 0.05) is 24.3 Å². The molecule has 0 unspecified atom stereocenters. The zero-order valence-electron chi connectivity index (χ0n) is 15.9. The highest BCUT2D eigenvalue weighted by atomic mass is 16.2. The first-order valence-corrected chi connectivity index (χ1v) is 9.85. The largest absolute Gasteiger partial charge is 0.339 e. The van der Waals surface area contributed by atoms with Crippen molar-refractivity contribution in [2.45, 2.75) is 18.8 Å². The van der Waals surface area contributed by atoms with Crippen LogP contribution in [0.25, 0.3) is 0 Å². The van der Waals surface area contributed by atoms with Crippen LogP contribution in [-0.2, 0) is 16.0 Å². The Bertz CT molecular complexity index is 1110. The molecule has 29 heavy (non-hydrogen) atoms. The van der Waals surface area contributed by atoms with Crippen LogP contribution in [-0.4, -0.2) is 18.4 Å². The maximum atomic E-state index is 13.2. The molecule has 0 spiro atoms. The van der Waals surface area contributed by atoms with Crippen LogP contribution in [0.15, 0.2) is 72.8 Å². The lowest BCUT2D eigenvalue weighted by Crippen LogP contribution is -2.31. The Morgan fingerprint density at radius 3 is 2.55 bits per heavy atom. The first kappa shape index (κ1) is 17.5. The van der Waals surface area contributed by atoms with Gasteiger partial charge in [-0.25, -0.2) is 0 Å². The second-order valence-electron chi connectivity index (χ2n) is 7.43. The smallest absolute Gasteiger partial charge is 0.232 e. The van der Waals surface area contributed by atoms with E-state index in [1.807, 2.05) is 54.6 Å². The minimum Gasteiger partial charge on any atom is -0.339 e. The summed E-state index contributed by atoms with van der Waals surface area (Å²) in [6.45, 7) is 0.876. The third kappa shape index (κ3) is 3.14. The average molecular weight is 383 g/mol. The van der Waals surface area contributed by atoms with Gasteiger partial charge in [-0.05, 0) is 41.8 Å². The third-order valence-corrected chi connectivity index (χ3v) is 5.66. The number of rotatable bonds is 3. The van der Waals surface area contributed by atoms with E-state index in [9.17, 15) is 9.59 Å². The van der Waals surface area contributed by atoms with E-state index in [4.69, 9.17) is 0 Å². The van der Waals surface area contributed by atoms with Crippen molar-refractivity contribution in [3.63, 3.8) is 0 Å². The standard InChI is InChI=1S/C24H21N3O2/c28-23-15-18(17-8-2-3-9-19(17)25-23)24(29)26-20-10-4-6-12-22(20)27-14-13-16-7-1-5-11-21(16)27/h1-12,18H,13-15H2,(H,25,28)(H,26,29)/t18-/m1/s1. The van der Waals surface area contributed by atoms with Crippen molar-refractivity contribution in [2.75, 3.05) is 22.1 Å². The molecule has 5 rings (SSSR count). The molecule has 144 valence electrons. The van der Waals surface area contributed by atoms with Crippen LogP contribution in [0.3, 0.4) is 0 Å². The maximum Gasteiger partial charge on any atom is 0.232 e. The first-order chi connectivity index (χ1) is 14.2. The Balaban J connectivity index is 1.46. The van der Waals surface area contributed by atoms with Crippen LogP contribution in [0.4, 0.5) is 22.7 Å². The number of nitrogens with zero attached hydrogens (tertiary/aromatic N) is 1. The highest BCUT2D eigenvalue weighted by molar-refractivity contribution is 6.06. The summed E-state index contributed by atoms with van der Waals surface area (Å²) >= 11 is 0. The molecule has 2 aliphatic heterocycles. The molecule has 2 N–H and O–H groups in total. The number of benzene rings is 3. The molecule has 2 heterocycles. The summed E-state index contributed by atoms with van der Waals surface area (Å²) in [6, 6.07) is 23.7. The van der Waals surface area contributed by atoms with Crippen LogP contribution in [0, 0.1) is 0 Å². The quantitative estimate of drug-likeness (QED) is 0.703. The topological polar surface area (TPSA) is 61.4 Å². The Morgan fingerprint density at radius 2 is 1.66 bits per heavy atom. The molecule has 0 saturated carbocycles. The van der Waals surface area contributed by atoms with Gasteiger partial charge in [-0.15, -0.1) is 0 Å². The lowest BCUT2D eigenvalue weighted by atomic mass is 9.89. The first-order valence-electron chi connectivity index (χ1n) is 9.85. The van der Waals surface area contributed by atoms with Gasteiger partial charge in [0.1, 0.15) is 0 Å². The maximum absolute atomic E-state index is 13.2. The summed E-state index contributed by atoms with van der Waals surface area (Å²) in [6.07, 6.45) is 1.13. The zero-order valence-corrected chi connectivity index (χ0v) is 15.9. The summed E-state index contributed by atoms with van der Waals surface area (Å²) in [5, 5.41) is 5.94. The van der Waals surface area contributed by atoms with Gasteiger partial charge in [0.15, 0.2) is 0 Å². The highest BCUT2D eigenvalue weighted by Crippen LogP contribution is 2.39. The van der Waals surface area contributed by atoms with Crippen molar-refractivity contribution < 1.29 is 9.59 Å². The molecule has 3 aromatic rings. The van der Waals surface area contributed by atoms with Gasteiger partial charge in [0.2, 0.25) is 11.8 Å². The molecule has 0 aliphatic carbocycles. The summed E-state index contributed by atoms with van der Waals surface area (Å²) < 4.78 is 0. The zero-order chi connectivity index (χ0) is 19.8. The number of nitrogens with one attached hydrogen (secondary N) is 2. The number of carbonyl (C=O) groups excluding carboxylic acids is 2.